The Balaban J connectivity index is 2.00. The summed E-state index contributed by atoms with van der Waals surface area (Å²) in [5.41, 5.74) is 2.82. The van der Waals surface area contributed by atoms with Crippen molar-refractivity contribution in [1.82, 2.24) is 0 Å². The highest BCUT2D eigenvalue weighted by Gasteiger charge is 2.23. The number of benzene rings is 2. The number of anilines is 1. The highest BCUT2D eigenvalue weighted by molar-refractivity contribution is 5.93. The Hall–Kier alpha value is -2.67. The normalized spacial score (nSPS) is 13.3. The highest BCUT2D eigenvalue weighted by atomic mass is 19.3. The number of methoxy groups -OCH3 is 1. The lowest BCUT2D eigenvalue weighted by atomic mass is 10.0. The molecule has 0 saturated carbocycles. The molecule has 0 spiro atoms. The topological polar surface area (TPSA) is 52.0 Å². The molecule has 2 aromatic rings. The van der Waals surface area contributed by atoms with Gasteiger partial charge in [-0.1, -0.05) is 26.0 Å². The van der Waals surface area contributed by atoms with E-state index in [4.69, 9.17) is 4.74 Å². The molecule has 29 heavy (non-hydrogen) atoms. The molecule has 0 aliphatic heterocycles. The van der Waals surface area contributed by atoms with E-state index in [-0.39, 0.29) is 23.4 Å². The van der Waals surface area contributed by atoms with Gasteiger partial charge in [-0.2, -0.15) is 8.78 Å². The lowest BCUT2D eigenvalue weighted by Gasteiger charge is -2.22. The Bertz CT molecular complexity index is 810. The molecule has 1 unspecified atom stereocenters. The maximum atomic E-state index is 12.6. The van der Waals surface area contributed by atoms with Gasteiger partial charge in [0.15, 0.2) is 17.5 Å². The van der Waals surface area contributed by atoms with Crippen molar-refractivity contribution in [3.63, 3.8) is 0 Å². The van der Waals surface area contributed by atoms with Gasteiger partial charge in [0.25, 0.3) is 5.91 Å². The van der Waals surface area contributed by atoms with Crippen LogP contribution < -0.4 is 19.7 Å². The fourth-order valence-electron chi connectivity index (χ4n) is 2.92. The largest absolute Gasteiger partial charge is 0.493 e. The number of likely N-dealkylation sites (N-methyl/N-ethyl adjacent to an activating group) is 1. The van der Waals surface area contributed by atoms with Gasteiger partial charge >= 0.3 is 6.61 Å². The minimum absolute atomic E-state index is 0.0143. The molecule has 0 saturated heterocycles. The van der Waals surface area contributed by atoms with E-state index in [1.54, 1.807) is 12.1 Å². The van der Waals surface area contributed by atoms with Crippen LogP contribution >= 0.6 is 0 Å². The fraction of sp³-hybridized carbons (Fsp3) is 0.409. The molecule has 0 heterocycles. The molecule has 7 heteroatoms. The van der Waals surface area contributed by atoms with Crippen LogP contribution in [0.3, 0.4) is 0 Å². The average molecular weight is 407 g/mol. The molecule has 0 fully saturated rings. The van der Waals surface area contributed by atoms with E-state index in [0.717, 1.165) is 16.2 Å². The molecule has 0 aliphatic rings. The summed E-state index contributed by atoms with van der Waals surface area (Å²) in [5.74, 6) is 0.561. The second-order valence-corrected chi connectivity index (χ2v) is 7.37. The number of carbonyl (C=O) groups is 1. The van der Waals surface area contributed by atoms with Crippen LogP contribution in [-0.2, 0) is 11.3 Å². The molecule has 158 valence electrons. The van der Waals surface area contributed by atoms with Crippen LogP contribution in [0.15, 0.2) is 42.5 Å². The van der Waals surface area contributed by atoms with Gasteiger partial charge < -0.3 is 19.7 Å². The summed E-state index contributed by atoms with van der Waals surface area (Å²) in [6.07, 6.45) is 0. The first kappa shape index (κ1) is 22.6. The van der Waals surface area contributed by atoms with Gasteiger partial charge in [0.2, 0.25) is 0 Å². The Morgan fingerprint density at radius 2 is 1.72 bits per heavy atom. The maximum Gasteiger partial charge on any atom is 0.387 e. The van der Waals surface area contributed by atoms with Crippen LogP contribution in [-0.4, -0.2) is 32.7 Å². The van der Waals surface area contributed by atoms with E-state index in [1.165, 1.54) is 18.7 Å². The molecule has 0 aliphatic carbocycles. The van der Waals surface area contributed by atoms with Gasteiger partial charge in [0, 0.05) is 11.3 Å². The molecule has 0 radical (unpaired) electrons. The zero-order valence-electron chi connectivity index (χ0n) is 17.5. The van der Waals surface area contributed by atoms with E-state index < -0.39 is 6.61 Å². The third-order valence-corrected chi connectivity index (χ3v) is 4.90. The number of halogens is 2. The van der Waals surface area contributed by atoms with Gasteiger partial charge in [-0.15, -0.1) is 0 Å². The number of quaternary nitrogens is 1. The van der Waals surface area contributed by atoms with Crippen LogP contribution in [0.1, 0.15) is 37.8 Å². The lowest BCUT2D eigenvalue weighted by Crippen LogP contribution is -3.12. The Morgan fingerprint density at radius 3 is 2.28 bits per heavy atom. The summed E-state index contributed by atoms with van der Waals surface area (Å²) in [6, 6.07) is 12.3. The number of ether oxygens (including phenoxy) is 2. The van der Waals surface area contributed by atoms with Crippen molar-refractivity contribution in [2.24, 2.45) is 0 Å². The van der Waals surface area contributed by atoms with Crippen molar-refractivity contribution in [1.29, 1.82) is 0 Å². The molecule has 0 bridgehead atoms. The number of hydrogen-bond donors (Lipinski definition) is 2. The minimum Gasteiger partial charge on any atom is -0.493 e. The number of rotatable bonds is 9. The van der Waals surface area contributed by atoms with E-state index in [0.29, 0.717) is 12.5 Å². The Morgan fingerprint density at radius 1 is 1.07 bits per heavy atom. The molecule has 2 aromatic carbocycles. The van der Waals surface area contributed by atoms with Crippen LogP contribution in [0.2, 0.25) is 0 Å². The third kappa shape index (κ3) is 6.42. The van der Waals surface area contributed by atoms with Gasteiger partial charge in [-0.25, -0.2) is 0 Å². The van der Waals surface area contributed by atoms with E-state index in [1.807, 2.05) is 38.2 Å². The van der Waals surface area contributed by atoms with Crippen molar-refractivity contribution in [2.45, 2.75) is 45.9 Å². The number of nitrogens with one attached hydrogen (secondary N) is 2. The lowest BCUT2D eigenvalue weighted by molar-refractivity contribution is -0.907. The molecule has 0 aromatic heterocycles. The Kier molecular flexibility index (Phi) is 7.96. The quantitative estimate of drug-likeness (QED) is 0.669. The van der Waals surface area contributed by atoms with Gasteiger partial charge in [-0.05, 0) is 48.7 Å². The molecule has 1 amide bonds. The van der Waals surface area contributed by atoms with Crippen LogP contribution in [0, 0.1) is 0 Å². The average Bonchev–Trinajstić information content (AvgIpc) is 2.68. The monoisotopic (exact) mass is 407 g/mol. The summed E-state index contributed by atoms with van der Waals surface area (Å²) >= 11 is 0. The molecule has 2 rings (SSSR count). The zero-order chi connectivity index (χ0) is 21.6. The zero-order valence-corrected chi connectivity index (χ0v) is 17.5. The van der Waals surface area contributed by atoms with Crippen LogP contribution in [0.5, 0.6) is 11.5 Å². The second kappa shape index (κ2) is 10.2. The second-order valence-electron chi connectivity index (χ2n) is 7.37. The number of hydrogen-bond acceptors (Lipinski definition) is 3. The van der Waals surface area contributed by atoms with Gasteiger partial charge in [0.1, 0.15) is 6.54 Å². The predicted octanol–water partition coefficient (Wildman–Crippen LogP) is 3.46. The molecule has 2 atom stereocenters. The van der Waals surface area contributed by atoms with E-state index in [9.17, 15) is 13.6 Å². The predicted molar refractivity (Wildman–Crippen MR) is 109 cm³/mol. The first-order chi connectivity index (χ1) is 13.7. The summed E-state index contributed by atoms with van der Waals surface area (Å²) in [6.45, 7) is 3.69. The summed E-state index contributed by atoms with van der Waals surface area (Å²) < 4.78 is 34.5. The fourth-order valence-corrected chi connectivity index (χ4v) is 2.92. The van der Waals surface area contributed by atoms with Crippen molar-refractivity contribution in [3.8, 4) is 11.5 Å². The third-order valence-electron chi connectivity index (χ3n) is 4.90. The van der Waals surface area contributed by atoms with Crippen molar-refractivity contribution in [2.75, 3.05) is 19.5 Å². The molecular weight excluding hydrogens is 378 g/mol. The molecule has 5 nitrogen and oxygen atoms in total. The molecule has 2 N–H and O–H groups in total. The van der Waals surface area contributed by atoms with E-state index >= 15 is 0 Å². The first-order valence-electron chi connectivity index (χ1n) is 9.56. The van der Waals surface area contributed by atoms with E-state index in [2.05, 4.69) is 23.9 Å². The smallest absolute Gasteiger partial charge is 0.387 e. The number of alkyl halides is 2. The van der Waals surface area contributed by atoms with Gasteiger partial charge in [0.05, 0.1) is 14.2 Å². The van der Waals surface area contributed by atoms with Crippen molar-refractivity contribution in [3.05, 3.63) is 53.6 Å². The molecular formula is C22H29F2N2O3+. The van der Waals surface area contributed by atoms with Crippen molar-refractivity contribution >= 4 is 11.6 Å². The summed E-state index contributed by atoms with van der Waals surface area (Å²) in [4.78, 5) is 13.6. The number of carbonyl (C=O) groups excluding carboxylic acids is 1. The standard InChI is InChI=1S/C22H28F2N2O3/c1-14(2)17-7-9-18(10-8-17)25-21(27)15(3)26(4)13-16-6-11-19(29-22(23)24)20(12-16)28-5/h6-12,14-15,22H,13H2,1-5H3,(H,25,27)/p+1/t15-/m0/s1. The first-order valence-corrected chi connectivity index (χ1v) is 9.56. The van der Waals surface area contributed by atoms with Crippen LogP contribution in [0.25, 0.3) is 0 Å². The summed E-state index contributed by atoms with van der Waals surface area (Å²) in [7, 11) is 3.30. The van der Waals surface area contributed by atoms with Gasteiger partial charge in [-0.3, -0.25) is 4.79 Å². The summed E-state index contributed by atoms with van der Waals surface area (Å²) in [5, 5.41) is 2.94. The Labute approximate surface area is 170 Å². The maximum absolute atomic E-state index is 12.6. The van der Waals surface area contributed by atoms with Crippen molar-refractivity contribution < 1.29 is 27.9 Å². The minimum atomic E-state index is -2.92. The number of amides is 1. The van der Waals surface area contributed by atoms with Crippen LogP contribution in [0.4, 0.5) is 14.5 Å². The highest BCUT2D eigenvalue weighted by Crippen LogP contribution is 2.29. The SMILES string of the molecule is COc1cc(C[NH+](C)[C@@H](C)C(=O)Nc2ccc(C(C)C)cc2)ccc1OC(F)F.